The Morgan fingerprint density at radius 1 is 0.962 bits per heavy atom. The fourth-order valence-corrected chi connectivity index (χ4v) is 3.33. The Labute approximate surface area is 150 Å². The largest absolute Gasteiger partial charge is 0.368 e. The molecule has 7 heteroatoms. The molecular weight excluding hydrogens is 330 g/mol. The van der Waals surface area contributed by atoms with Gasteiger partial charge in [0, 0.05) is 56.7 Å². The molecule has 1 saturated heterocycles. The number of aromatic nitrogens is 3. The van der Waals surface area contributed by atoms with Crippen molar-refractivity contribution in [2.75, 3.05) is 31.1 Å². The number of carbonyl (C=O) groups excluding carboxylic acids is 1. The van der Waals surface area contributed by atoms with Crippen LogP contribution in [-0.4, -0.2) is 51.8 Å². The van der Waals surface area contributed by atoms with Crippen molar-refractivity contribution in [3.8, 4) is 0 Å². The molecule has 0 saturated carbocycles. The summed E-state index contributed by atoms with van der Waals surface area (Å²) in [6.07, 6.45) is 3.54. The summed E-state index contributed by atoms with van der Waals surface area (Å²) >= 11 is 0. The van der Waals surface area contributed by atoms with Gasteiger partial charge in [-0.1, -0.05) is 18.2 Å². The summed E-state index contributed by atoms with van der Waals surface area (Å²) < 4.78 is 1.24. The van der Waals surface area contributed by atoms with Gasteiger partial charge >= 0.3 is 0 Å². The van der Waals surface area contributed by atoms with Gasteiger partial charge in [-0.3, -0.25) is 14.6 Å². The second-order valence-electron chi connectivity index (χ2n) is 6.31. The number of carbonyl (C=O) groups is 1. The number of fused-ring (bicyclic) bond motifs is 1. The molecule has 0 radical (unpaired) electrons. The van der Waals surface area contributed by atoms with Gasteiger partial charge in [0.25, 0.3) is 11.5 Å². The molecule has 1 aromatic carbocycles. The first-order valence-corrected chi connectivity index (χ1v) is 8.55. The van der Waals surface area contributed by atoms with Crippen LogP contribution >= 0.6 is 0 Å². The van der Waals surface area contributed by atoms with Gasteiger partial charge in [0.15, 0.2) is 5.69 Å². The van der Waals surface area contributed by atoms with Gasteiger partial charge in [-0.25, -0.2) is 4.68 Å². The van der Waals surface area contributed by atoms with E-state index in [2.05, 4.69) is 15.0 Å². The fraction of sp³-hybridized carbons (Fsp3) is 0.263. The minimum absolute atomic E-state index is 0.133. The second kappa shape index (κ2) is 6.59. The summed E-state index contributed by atoms with van der Waals surface area (Å²) in [6.45, 7) is 2.72. The Balaban J connectivity index is 1.59. The van der Waals surface area contributed by atoms with Crippen LogP contribution in [0.2, 0.25) is 0 Å². The number of anilines is 1. The van der Waals surface area contributed by atoms with E-state index in [1.54, 1.807) is 42.5 Å². The number of hydrogen-bond acceptors (Lipinski definition) is 5. The summed E-state index contributed by atoms with van der Waals surface area (Å²) in [5.74, 6) is -0.133. The van der Waals surface area contributed by atoms with Crippen LogP contribution in [0.3, 0.4) is 0 Å². The van der Waals surface area contributed by atoms with Gasteiger partial charge in [-0.15, -0.1) is 0 Å². The normalized spacial score (nSPS) is 14.7. The zero-order chi connectivity index (χ0) is 18.1. The van der Waals surface area contributed by atoms with E-state index < -0.39 is 0 Å². The Bertz CT molecular complexity index is 1010. The summed E-state index contributed by atoms with van der Waals surface area (Å²) in [5.41, 5.74) is 1.25. The highest BCUT2D eigenvalue weighted by Gasteiger charge is 2.25. The third kappa shape index (κ3) is 2.81. The fourth-order valence-electron chi connectivity index (χ4n) is 3.33. The molecule has 0 bridgehead atoms. The van der Waals surface area contributed by atoms with E-state index in [1.807, 2.05) is 18.2 Å². The molecule has 0 atom stereocenters. The first-order chi connectivity index (χ1) is 12.6. The van der Waals surface area contributed by atoms with E-state index in [1.165, 1.54) is 4.68 Å². The van der Waals surface area contributed by atoms with Crippen LogP contribution in [0.5, 0.6) is 0 Å². The smallest absolute Gasteiger partial charge is 0.275 e. The third-order valence-corrected chi connectivity index (χ3v) is 4.75. The molecule has 2 aromatic heterocycles. The van der Waals surface area contributed by atoms with E-state index >= 15 is 0 Å². The number of aryl methyl sites for hydroxylation is 1. The maximum Gasteiger partial charge on any atom is 0.275 e. The number of hydrogen-bond donors (Lipinski definition) is 0. The number of nitrogens with zero attached hydrogens (tertiary/aromatic N) is 5. The minimum Gasteiger partial charge on any atom is -0.368 e. The van der Waals surface area contributed by atoms with Crippen molar-refractivity contribution < 1.29 is 4.79 Å². The first-order valence-electron chi connectivity index (χ1n) is 8.55. The van der Waals surface area contributed by atoms with Gasteiger partial charge in [-0.2, -0.15) is 5.10 Å². The Hall–Kier alpha value is -3.22. The molecule has 4 rings (SSSR count). The predicted molar refractivity (Wildman–Crippen MR) is 99.3 cm³/mol. The molecule has 1 aliphatic heterocycles. The maximum atomic E-state index is 13.0. The van der Waals surface area contributed by atoms with E-state index in [-0.39, 0.29) is 11.5 Å². The zero-order valence-electron chi connectivity index (χ0n) is 14.5. The number of rotatable bonds is 2. The van der Waals surface area contributed by atoms with Crippen LogP contribution < -0.4 is 10.5 Å². The van der Waals surface area contributed by atoms with Gasteiger partial charge in [-0.05, 0) is 18.2 Å². The van der Waals surface area contributed by atoms with Crippen LogP contribution in [0.15, 0.2) is 53.6 Å². The van der Waals surface area contributed by atoms with Gasteiger partial charge < -0.3 is 9.80 Å². The summed E-state index contributed by atoms with van der Waals surface area (Å²) in [7, 11) is 1.58. The minimum atomic E-state index is -0.195. The number of piperazine rings is 1. The van der Waals surface area contributed by atoms with Crippen LogP contribution in [-0.2, 0) is 7.05 Å². The molecule has 0 aliphatic carbocycles. The highest BCUT2D eigenvalue weighted by molar-refractivity contribution is 6.04. The SMILES string of the molecule is Cn1nc(C(=O)N2CCN(c3ccncc3)CC2)c2ccccc2c1=O. The molecule has 1 fully saturated rings. The average Bonchev–Trinajstić information content (AvgIpc) is 2.71. The van der Waals surface area contributed by atoms with E-state index in [0.717, 1.165) is 18.8 Å². The highest BCUT2D eigenvalue weighted by Crippen LogP contribution is 2.18. The monoisotopic (exact) mass is 349 g/mol. The molecule has 1 amide bonds. The van der Waals surface area contributed by atoms with Gasteiger partial charge in [0.2, 0.25) is 0 Å². The van der Waals surface area contributed by atoms with E-state index in [9.17, 15) is 9.59 Å². The molecule has 7 nitrogen and oxygen atoms in total. The Kier molecular flexibility index (Phi) is 4.12. The van der Waals surface area contributed by atoms with Crippen LogP contribution in [0.25, 0.3) is 10.8 Å². The van der Waals surface area contributed by atoms with Crippen LogP contribution in [0.4, 0.5) is 5.69 Å². The van der Waals surface area contributed by atoms with Crippen LogP contribution in [0, 0.1) is 0 Å². The molecule has 0 spiro atoms. The topological polar surface area (TPSA) is 71.3 Å². The highest BCUT2D eigenvalue weighted by atomic mass is 16.2. The molecule has 3 aromatic rings. The quantitative estimate of drug-likeness (QED) is 0.697. The lowest BCUT2D eigenvalue weighted by Crippen LogP contribution is -2.49. The van der Waals surface area contributed by atoms with Gasteiger partial charge in [0.1, 0.15) is 0 Å². The van der Waals surface area contributed by atoms with Crippen LogP contribution in [0.1, 0.15) is 10.5 Å². The maximum absolute atomic E-state index is 13.0. The lowest BCUT2D eigenvalue weighted by molar-refractivity contribution is 0.0740. The lowest BCUT2D eigenvalue weighted by atomic mass is 10.1. The van der Waals surface area contributed by atoms with Crippen molar-refractivity contribution in [2.45, 2.75) is 0 Å². The van der Waals surface area contributed by atoms with Crippen molar-refractivity contribution in [1.82, 2.24) is 19.7 Å². The Morgan fingerprint density at radius 3 is 2.31 bits per heavy atom. The summed E-state index contributed by atoms with van der Waals surface area (Å²) in [4.78, 5) is 33.4. The van der Waals surface area contributed by atoms with Crippen molar-refractivity contribution in [2.24, 2.45) is 7.05 Å². The molecular formula is C19H19N5O2. The molecule has 26 heavy (non-hydrogen) atoms. The summed E-state index contributed by atoms with van der Waals surface area (Å²) in [6, 6.07) is 11.1. The second-order valence-corrected chi connectivity index (χ2v) is 6.31. The Morgan fingerprint density at radius 2 is 1.62 bits per heavy atom. The third-order valence-electron chi connectivity index (χ3n) is 4.75. The van der Waals surface area contributed by atoms with E-state index in [0.29, 0.717) is 29.6 Å². The number of amides is 1. The van der Waals surface area contributed by atoms with Crippen molar-refractivity contribution >= 4 is 22.4 Å². The van der Waals surface area contributed by atoms with Crippen molar-refractivity contribution in [3.05, 3.63) is 64.8 Å². The zero-order valence-corrected chi connectivity index (χ0v) is 14.5. The molecule has 1 aliphatic rings. The molecule has 0 unspecified atom stereocenters. The van der Waals surface area contributed by atoms with Gasteiger partial charge in [0.05, 0.1) is 5.39 Å². The summed E-state index contributed by atoms with van der Waals surface area (Å²) in [5, 5.41) is 5.37. The molecule has 132 valence electrons. The average molecular weight is 349 g/mol. The standard InChI is InChI=1S/C19H19N5O2/c1-22-18(25)16-5-3-2-4-15(16)17(21-22)19(26)24-12-10-23(11-13-24)14-6-8-20-9-7-14/h2-9H,10-13H2,1H3. The lowest BCUT2D eigenvalue weighted by Gasteiger charge is -2.36. The van der Waals surface area contributed by atoms with Crippen molar-refractivity contribution in [3.63, 3.8) is 0 Å². The molecule has 0 N–H and O–H groups in total. The number of benzene rings is 1. The number of pyridine rings is 1. The van der Waals surface area contributed by atoms with E-state index in [4.69, 9.17) is 0 Å². The van der Waals surface area contributed by atoms with Crippen molar-refractivity contribution in [1.29, 1.82) is 0 Å². The first kappa shape index (κ1) is 16.3. The predicted octanol–water partition coefficient (Wildman–Crippen LogP) is 1.29. The molecule has 3 heterocycles.